The number of nitrogens with zero attached hydrogens (tertiary/aromatic N) is 9. The molecule has 6 amide bonds. The number of nitrogens with one attached hydrogen (secondary N) is 7. The topological polar surface area (TPSA) is 269 Å². The van der Waals surface area contributed by atoms with Crippen LogP contribution in [0.25, 0.3) is 33.1 Å². The summed E-state index contributed by atoms with van der Waals surface area (Å²) >= 11 is 5.62. The smallest absolute Gasteiger partial charge is 0.417 e. The normalized spacial score (nSPS) is 14.0. The second kappa shape index (κ2) is 36.5. The van der Waals surface area contributed by atoms with E-state index in [1.165, 1.54) is 97.1 Å². The molecule has 6 heterocycles. The Balaban J connectivity index is 0.000000147. The molecule has 0 bridgehead atoms. The fourth-order valence-electron chi connectivity index (χ4n) is 11.7. The predicted octanol–water partition coefficient (Wildman–Crippen LogP) is 16.6. The van der Waals surface area contributed by atoms with Gasteiger partial charge in [-0.15, -0.1) is 0 Å². The van der Waals surface area contributed by atoms with Crippen molar-refractivity contribution in [3.8, 4) is 34.5 Å². The van der Waals surface area contributed by atoms with Gasteiger partial charge in [-0.25, -0.2) is 51.3 Å². The van der Waals surface area contributed by atoms with Crippen LogP contribution in [-0.4, -0.2) is 141 Å². The molecule has 0 aliphatic carbocycles. The molecule has 0 unspecified atom stereocenters. The number of piperazine rings is 1. The summed E-state index contributed by atoms with van der Waals surface area (Å²) in [4.78, 5) is 71.2. The highest BCUT2D eigenvalue weighted by atomic mass is 35.5. The van der Waals surface area contributed by atoms with E-state index in [4.69, 9.17) is 35.3 Å². The lowest BCUT2D eigenvalue weighted by Gasteiger charge is -2.26. The molecule has 3 aliphatic heterocycles. The van der Waals surface area contributed by atoms with Gasteiger partial charge in [0, 0.05) is 143 Å². The van der Waals surface area contributed by atoms with Gasteiger partial charge >= 0.3 is 24.3 Å². The van der Waals surface area contributed by atoms with E-state index < -0.39 is 63.9 Å². The predicted molar refractivity (Wildman–Crippen MR) is 406 cm³/mol. The molecule has 24 nitrogen and oxygen atoms in total. The lowest BCUT2D eigenvalue weighted by Crippen LogP contribution is -2.43. The zero-order valence-corrected chi connectivity index (χ0v) is 60.0. The molecule has 0 radical (unpaired) electrons. The van der Waals surface area contributed by atoms with Crippen LogP contribution in [0.15, 0.2) is 195 Å². The number of benzene rings is 9. The Labute approximate surface area is 639 Å². The highest BCUT2D eigenvalue weighted by Gasteiger charge is 2.34. The molecule has 0 spiro atoms. The van der Waals surface area contributed by atoms with Crippen molar-refractivity contribution in [3.63, 3.8) is 0 Å². The molecule has 12 aromatic rings. The molecule has 3 saturated heterocycles. The third-order valence-corrected chi connectivity index (χ3v) is 17.6. The number of rotatable bonds is 18. The number of ether oxygens (including phenoxy) is 5. The second-order valence-corrected chi connectivity index (χ2v) is 25.9. The monoisotopic (exact) mass is 1560 g/mol. The lowest BCUT2D eigenvalue weighted by molar-refractivity contribution is -0.137. The molecule has 576 valence electrons. The fraction of sp³-hybridized carbons (Fsp3) is 0.203. The second-order valence-electron chi connectivity index (χ2n) is 25.5. The van der Waals surface area contributed by atoms with Gasteiger partial charge in [-0.3, -0.25) is 29.7 Å². The van der Waals surface area contributed by atoms with Gasteiger partial charge < -0.3 is 60.9 Å². The summed E-state index contributed by atoms with van der Waals surface area (Å²) in [5, 5.41) is 17.9. The van der Waals surface area contributed by atoms with Gasteiger partial charge in [0.05, 0.1) is 106 Å². The molecule has 3 aliphatic rings. The zero-order valence-electron chi connectivity index (χ0n) is 59.3. The standard InChI is InChI=1S/C27H23ClF4N6O2.2C26H23F2N5O3/c28-21-4-1-16(11-20(21)27(30,31)32)36-26(39)37-17-2-5-22(29)25(12-17)40-19-3-6-23-24(13-19)35-18(14-34-23)15-38-9-7-33-8-10-38;27-17-1-3-18(4-2-17)31-26(34)32-19-5-7-22(28)25(13-19)36-21-6-8-23-24(14-21)30-20(15-29-23)16-33-9-11-35-12-10-33;27-17-2-1-3-18(12-17)31-26(34)32-19-4-6-22(28)25(13-19)36-21-5-7-23-24(14-21)30-20(15-29-23)16-33-8-10-35-11-9-33/h1-6,11-14,33H,7-10,15H2,(H2,36,37,39);1-8,13-15H,9-12,16H2,(H2,31,32,34);1-7,12-15H,8-11,16H2,(H2,31,32,34). The Morgan fingerprint density at radius 3 is 1.15 bits per heavy atom. The maximum atomic E-state index is 14.6. The van der Waals surface area contributed by atoms with Crippen molar-refractivity contribution in [1.29, 1.82) is 0 Å². The van der Waals surface area contributed by atoms with Gasteiger partial charge in [0.2, 0.25) is 0 Å². The number of aromatic nitrogens is 6. The summed E-state index contributed by atoms with van der Waals surface area (Å²) in [6.07, 6.45) is 0.556. The molecule has 0 atom stereocenters. The molecule has 7 N–H and O–H groups in total. The minimum Gasteiger partial charge on any atom is -0.454 e. The van der Waals surface area contributed by atoms with Gasteiger partial charge in [-0.1, -0.05) is 17.7 Å². The number of urea groups is 3. The third-order valence-electron chi connectivity index (χ3n) is 17.2. The van der Waals surface area contributed by atoms with Crippen LogP contribution in [0.4, 0.5) is 83.6 Å². The number of alkyl halides is 3. The Morgan fingerprint density at radius 1 is 0.402 bits per heavy atom. The highest BCUT2D eigenvalue weighted by molar-refractivity contribution is 6.31. The van der Waals surface area contributed by atoms with Gasteiger partial charge in [0.25, 0.3) is 0 Å². The number of amides is 6. The largest absolute Gasteiger partial charge is 0.454 e. The van der Waals surface area contributed by atoms with Crippen molar-refractivity contribution in [1.82, 2.24) is 49.9 Å². The highest BCUT2D eigenvalue weighted by Crippen LogP contribution is 2.38. The van der Waals surface area contributed by atoms with Crippen molar-refractivity contribution >= 4 is 96.9 Å². The number of carbonyl (C=O) groups is 3. The summed E-state index contributed by atoms with van der Waals surface area (Å²) in [5.41, 5.74) is 6.60. The first kappa shape index (κ1) is 77.8. The first-order chi connectivity index (χ1) is 54.2. The Kier molecular flexibility index (Phi) is 25.4. The zero-order chi connectivity index (χ0) is 78.1. The maximum Gasteiger partial charge on any atom is 0.417 e. The van der Waals surface area contributed by atoms with Crippen LogP contribution in [0.3, 0.4) is 0 Å². The number of hydrogen-bond donors (Lipinski definition) is 7. The van der Waals surface area contributed by atoms with Crippen LogP contribution in [-0.2, 0) is 35.3 Å². The van der Waals surface area contributed by atoms with E-state index in [9.17, 15) is 49.5 Å². The van der Waals surface area contributed by atoms with Gasteiger partial charge in [0.15, 0.2) is 34.7 Å². The molecule has 112 heavy (non-hydrogen) atoms. The summed E-state index contributed by atoms with van der Waals surface area (Å²) in [7, 11) is 0. The Morgan fingerprint density at radius 2 is 0.759 bits per heavy atom. The van der Waals surface area contributed by atoms with E-state index in [0.29, 0.717) is 113 Å². The van der Waals surface area contributed by atoms with Crippen LogP contribution in [0.2, 0.25) is 5.02 Å². The van der Waals surface area contributed by atoms with E-state index in [1.54, 1.807) is 79.3 Å². The summed E-state index contributed by atoms with van der Waals surface area (Å²) in [6, 6.07) is 38.6. The Bertz CT molecular complexity index is 5360. The Hall–Kier alpha value is -12.3. The number of carbonyl (C=O) groups excluding carboxylic acids is 3. The van der Waals surface area contributed by atoms with Crippen molar-refractivity contribution in [3.05, 3.63) is 251 Å². The van der Waals surface area contributed by atoms with Crippen molar-refractivity contribution in [2.45, 2.75) is 25.8 Å². The average Bonchev–Trinajstić information content (AvgIpc) is 0.822. The van der Waals surface area contributed by atoms with Crippen molar-refractivity contribution < 1.29 is 73.2 Å². The molecular formula is C79H69ClF8N16O8. The maximum absolute atomic E-state index is 14.6. The molecule has 15 rings (SSSR count). The summed E-state index contributed by atoms with van der Waals surface area (Å²) in [6.45, 7) is 11.8. The van der Waals surface area contributed by atoms with Gasteiger partial charge in [0.1, 0.15) is 28.9 Å². The number of anilines is 6. The summed E-state index contributed by atoms with van der Waals surface area (Å²) in [5.74, 6) is -2.00. The number of hydrogen-bond acceptors (Lipinski definition) is 18. The summed E-state index contributed by atoms with van der Waals surface area (Å²) < 4.78 is 137. The van der Waals surface area contributed by atoms with Crippen molar-refractivity contribution in [2.75, 3.05) is 111 Å². The molecule has 0 saturated carbocycles. The van der Waals surface area contributed by atoms with Crippen LogP contribution in [0.1, 0.15) is 22.6 Å². The SMILES string of the molecule is O=C(Nc1ccc(F)c(Oc2ccc3ncc(CN4CCNCC4)nc3c2)c1)Nc1ccc(Cl)c(C(F)(F)F)c1.O=C(Nc1ccc(F)cc1)Nc1ccc(F)c(Oc2ccc3ncc(CN4CCOCC4)nc3c2)c1.O=C(Nc1cccc(F)c1)Nc1ccc(F)c(Oc2ccc3ncc(CN4CCOCC4)nc3c2)c1. The first-order valence-corrected chi connectivity index (χ1v) is 35.4. The van der Waals surface area contributed by atoms with E-state index >= 15 is 0 Å². The van der Waals surface area contributed by atoms with E-state index in [2.05, 4.69) is 81.8 Å². The van der Waals surface area contributed by atoms with Crippen molar-refractivity contribution in [2.24, 2.45) is 0 Å². The number of morpholine rings is 2. The van der Waals surface area contributed by atoms with Crippen LogP contribution in [0.5, 0.6) is 34.5 Å². The molecule has 33 heteroatoms. The number of fused-ring (bicyclic) bond motifs is 3. The van der Waals surface area contributed by atoms with E-state index in [-0.39, 0.29) is 34.3 Å². The quantitative estimate of drug-likeness (QED) is 0.0394. The molecule has 3 aromatic heterocycles. The minimum absolute atomic E-state index is 0.0636. The number of halogens is 9. The van der Waals surface area contributed by atoms with Gasteiger partial charge in [-0.05, 0) is 133 Å². The minimum atomic E-state index is -4.69. The lowest BCUT2D eigenvalue weighted by atomic mass is 10.2. The molecular weight excluding hydrogens is 1490 g/mol. The van der Waals surface area contributed by atoms with E-state index in [1.807, 2.05) is 0 Å². The molecule has 9 aromatic carbocycles. The first-order valence-electron chi connectivity index (χ1n) is 35.0. The van der Waals surface area contributed by atoms with Crippen LogP contribution in [0, 0.1) is 29.1 Å². The average molecular weight is 1560 g/mol. The van der Waals surface area contributed by atoms with Gasteiger partial charge in [-0.2, -0.15) is 13.2 Å². The van der Waals surface area contributed by atoms with Crippen LogP contribution >= 0.6 is 11.6 Å². The molecule has 3 fully saturated rings. The van der Waals surface area contributed by atoms with E-state index in [0.717, 1.165) is 87.6 Å². The third kappa shape index (κ3) is 22.0. The van der Waals surface area contributed by atoms with Crippen LogP contribution < -0.4 is 51.4 Å². The fourth-order valence-corrected chi connectivity index (χ4v) is 12.0.